The third-order valence-corrected chi connectivity index (χ3v) is 4.04. The van der Waals surface area contributed by atoms with Gasteiger partial charge in [-0.2, -0.15) is 5.10 Å². The number of hydrogen-bond donors (Lipinski definition) is 1. The van der Waals surface area contributed by atoms with Crippen molar-refractivity contribution in [3.63, 3.8) is 0 Å². The number of methoxy groups -OCH3 is 1. The van der Waals surface area contributed by atoms with Crippen LogP contribution in [0.3, 0.4) is 0 Å². The Balaban J connectivity index is 1.57. The Morgan fingerprint density at radius 2 is 2.48 bits per heavy atom. The van der Waals surface area contributed by atoms with E-state index in [9.17, 15) is 4.79 Å². The van der Waals surface area contributed by atoms with Crippen molar-refractivity contribution in [2.24, 2.45) is 0 Å². The van der Waals surface area contributed by atoms with Crippen LogP contribution in [-0.2, 0) is 33.9 Å². The molecular formula is C14H22N4O3. The lowest BCUT2D eigenvalue weighted by Gasteiger charge is -2.31. The van der Waals surface area contributed by atoms with E-state index in [2.05, 4.69) is 21.4 Å². The standard InChI is InChI=1S/C14H22N4O3/c1-20-10-14(19)15-7-11-6-13-8-17(3-4-18(13)16-11)12-2-5-21-9-12/h6,12H,2-5,7-10H2,1H3,(H,15,19). The Morgan fingerprint density at radius 3 is 3.24 bits per heavy atom. The summed E-state index contributed by atoms with van der Waals surface area (Å²) in [6.45, 7) is 5.08. The second-order valence-corrected chi connectivity index (χ2v) is 5.55. The van der Waals surface area contributed by atoms with Gasteiger partial charge in [-0.1, -0.05) is 0 Å². The first-order valence-corrected chi connectivity index (χ1v) is 7.39. The van der Waals surface area contributed by atoms with Gasteiger partial charge in [-0.05, 0) is 12.5 Å². The fourth-order valence-electron chi connectivity index (χ4n) is 2.93. The summed E-state index contributed by atoms with van der Waals surface area (Å²) in [6.07, 6.45) is 1.12. The highest BCUT2D eigenvalue weighted by Gasteiger charge is 2.27. The number of hydrogen-bond acceptors (Lipinski definition) is 5. The minimum atomic E-state index is -0.117. The summed E-state index contributed by atoms with van der Waals surface area (Å²) < 4.78 is 12.3. The summed E-state index contributed by atoms with van der Waals surface area (Å²) in [5.41, 5.74) is 2.11. The largest absolute Gasteiger partial charge is 0.380 e. The zero-order chi connectivity index (χ0) is 14.7. The van der Waals surface area contributed by atoms with Crippen LogP contribution in [0.15, 0.2) is 6.07 Å². The van der Waals surface area contributed by atoms with E-state index in [4.69, 9.17) is 9.47 Å². The van der Waals surface area contributed by atoms with Crippen LogP contribution in [0.5, 0.6) is 0 Å². The molecule has 2 aliphatic heterocycles. The minimum absolute atomic E-state index is 0.0863. The maximum Gasteiger partial charge on any atom is 0.246 e. The van der Waals surface area contributed by atoms with E-state index in [1.54, 1.807) is 0 Å². The fourth-order valence-corrected chi connectivity index (χ4v) is 2.93. The van der Waals surface area contributed by atoms with Crippen molar-refractivity contribution in [1.29, 1.82) is 0 Å². The second-order valence-electron chi connectivity index (χ2n) is 5.55. The van der Waals surface area contributed by atoms with Crippen molar-refractivity contribution in [1.82, 2.24) is 20.0 Å². The zero-order valence-electron chi connectivity index (χ0n) is 12.4. The first-order valence-electron chi connectivity index (χ1n) is 7.39. The van der Waals surface area contributed by atoms with E-state index < -0.39 is 0 Å². The van der Waals surface area contributed by atoms with Gasteiger partial charge in [0.2, 0.25) is 5.91 Å². The minimum Gasteiger partial charge on any atom is -0.380 e. The Bertz CT molecular complexity index is 496. The van der Waals surface area contributed by atoms with Crippen molar-refractivity contribution < 1.29 is 14.3 Å². The van der Waals surface area contributed by atoms with E-state index in [-0.39, 0.29) is 12.5 Å². The monoisotopic (exact) mass is 294 g/mol. The molecule has 1 N–H and O–H groups in total. The molecule has 116 valence electrons. The van der Waals surface area contributed by atoms with Gasteiger partial charge in [-0.3, -0.25) is 14.4 Å². The molecule has 21 heavy (non-hydrogen) atoms. The highest BCUT2D eigenvalue weighted by Crippen LogP contribution is 2.20. The van der Waals surface area contributed by atoms with Gasteiger partial charge in [-0.15, -0.1) is 0 Å². The number of carbonyl (C=O) groups is 1. The molecule has 7 heteroatoms. The maximum absolute atomic E-state index is 11.4. The zero-order valence-corrected chi connectivity index (χ0v) is 12.4. The van der Waals surface area contributed by atoms with E-state index >= 15 is 0 Å². The lowest BCUT2D eigenvalue weighted by atomic mass is 10.2. The Kier molecular flexibility index (Phi) is 4.52. The molecule has 0 aliphatic carbocycles. The van der Waals surface area contributed by atoms with Gasteiger partial charge in [0.15, 0.2) is 0 Å². The van der Waals surface area contributed by atoms with Crippen LogP contribution in [0.2, 0.25) is 0 Å². The number of rotatable bonds is 5. The molecule has 3 rings (SSSR count). The average Bonchev–Trinajstić information content (AvgIpc) is 3.13. The van der Waals surface area contributed by atoms with Crippen LogP contribution in [0.1, 0.15) is 17.8 Å². The predicted octanol–water partition coefficient (Wildman–Crippen LogP) is -0.250. The first-order chi connectivity index (χ1) is 10.3. The number of aromatic nitrogens is 2. The number of carbonyl (C=O) groups excluding carboxylic acids is 1. The highest BCUT2D eigenvalue weighted by atomic mass is 16.5. The van der Waals surface area contributed by atoms with Crippen molar-refractivity contribution in [2.45, 2.75) is 32.1 Å². The molecule has 1 amide bonds. The van der Waals surface area contributed by atoms with Gasteiger partial charge in [0.1, 0.15) is 6.61 Å². The molecule has 1 unspecified atom stereocenters. The Morgan fingerprint density at radius 1 is 1.57 bits per heavy atom. The van der Waals surface area contributed by atoms with Crippen LogP contribution in [0.25, 0.3) is 0 Å². The van der Waals surface area contributed by atoms with Gasteiger partial charge < -0.3 is 14.8 Å². The molecule has 3 heterocycles. The van der Waals surface area contributed by atoms with Gasteiger partial charge in [-0.25, -0.2) is 0 Å². The van der Waals surface area contributed by atoms with Crippen molar-refractivity contribution in [3.05, 3.63) is 17.5 Å². The lowest BCUT2D eigenvalue weighted by molar-refractivity contribution is -0.124. The summed E-state index contributed by atoms with van der Waals surface area (Å²) in [5, 5.41) is 7.35. The van der Waals surface area contributed by atoms with Crippen molar-refractivity contribution in [2.75, 3.05) is 33.5 Å². The van der Waals surface area contributed by atoms with Gasteiger partial charge in [0, 0.05) is 32.8 Å². The Labute approximate surface area is 124 Å². The van der Waals surface area contributed by atoms with Crippen LogP contribution >= 0.6 is 0 Å². The molecule has 0 saturated carbocycles. The number of ether oxygens (including phenoxy) is 2. The number of fused-ring (bicyclic) bond motifs is 1. The lowest BCUT2D eigenvalue weighted by Crippen LogP contribution is -2.41. The molecule has 1 atom stereocenters. The maximum atomic E-state index is 11.4. The second kappa shape index (κ2) is 6.55. The summed E-state index contributed by atoms with van der Waals surface area (Å²) in [4.78, 5) is 13.9. The molecule has 0 radical (unpaired) electrons. The summed E-state index contributed by atoms with van der Waals surface area (Å²) in [7, 11) is 1.51. The summed E-state index contributed by atoms with van der Waals surface area (Å²) >= 11 is 0. The molecule has 0 spiro atoms. The van der Waals surface area contributed by atoms with Crippen molar-refractivity contribution >= 4 is 5.91 Å². The molecule has 1 aromatic heterocycles. The molecular weight excluding hydrogens is 272 g/mol. The predicted molar refractivity (Wildman–Crippen MR) is 75.6 cm³/mol. The summed E-state index contributed by atoms with van der Waals surface area (Å²) in [5.74, 6) is -0.117. The van der Waals surface area contributed by atoms with Crippen LogP contribution in [-0.4, -0.2) is 60.1 Å². The fraction of sp³-hybridized carbons (Fsp3) is 0.714. The SMILES string of the molecule is COCC(=O)NCc1cc2n(n1)CCN(C1CCOC1)C2. The van der Waals surface area contributed by atoms with Crippen molar-refractivity contribution in [3.8, 4) is 0 Å². The van der Waals surface area contributed by atoms with Crippen LogP contribution in [0.4, 0.5) is 0 Å². The molecule has 0 aromatic carbocycles. The van der Waals surface area contributed by atoms with E-state index in [1.807, 2.05) is 4.68 Å². The van der Waals surface area contributed by atoms with Crippen LogP contribution < -0.4 is 5.32 Å². The van der Waals surface area contributed by atoms with E-state index in [0.717, 1.165) is 45.0 Å². The third-order valence-electron chi connectivity index (χ3n) is 4.04. The average molecular weight is 294 g/mol. The molecule has 7 nitrogen and oxygen atoms in total. The van der Waals surface area contributed by atoms with E-state index in [1.165, 1.54) is 12.8 Å². The molecule has 2 aliphatic rings. The third kappa shape index (κ3) is 3.42. The number of nitrogens with one attached hydrogen (secondary N) is 1. The molecule has 1 saturated heterocycles. The van der Waals surface area contributed by atoms with Crippen LogP contribution in [0, 0.1) is 0 Å². The smallest absolute Gasteiger partial charge is 0.246 e. The topological polar surface area (TPSA) is 68.6 Å². The van der Waals surface area contributed by atoms with Gasteiger partial charge in [0.25, 0.3) is 0 Å². The molecule has 1 aromatic rings. The number of nitrogens with zero attached hydrogens (tertiary/aromatic N) is 3. The van der Waals surface area contributed by atoms with Gasteiger partial charge in [0.05, 0.1) is 31.1 Å². The number of amides is 1. The first kappa shape index (κ1) is 14.5. The molecule has 0 bridgehead atoms. The normalized spacial score (nSPS) is 22.2. The summed E-state index contributed by atoms with van der Waals surface area (Å²) in [6, 6.07) is 2.62. The van der Waals surface area contributed by atoms with Gasteiger partial charge >= 0.3 is 0 Å². The Hall–Kier alpha value is -1.44. The van der Waals surface area contributed by atoms with E-state index in [0.29, 0.717) is 12.6 Å². The highest BCUT2D eigenvalue weighted by molar-refractivity contribution is 5.77. The molecule has 1 fully saturated rings. The quantitative estimate of drug-likeness (QED) is 0.811.